The van der Waals surface area contributed by atoms with E-state index in [9.17, 15) is 8.42 Å². The molecular formula is C25H25ClKN5O4S. The van der Waals surface area contributed by atoms with E-state index in [1.165, 1.54) is 11.4 Å². The maximum atomic E-state index is 13.9. The molecule has 1 atom stereocenters. The number of para-hydroxylation sites is 2. The van der Waals surface area contributed by atoms with Crippen LogP contribution < -0.4 is 60.9 Å². The van der Waals surface area contributed by atoms with Crippen molar-refractivity contribution in [3.8, 4) is 11.5 Å². The van der Waals surface area contributed by atoms with Gasteiger partial charge in [0.1, 0.15) is 5.76 Å². The molecule has 0 aliphatic carbocycles. The number of hydrogen-bond donors (Lipinski definition) is 0. The molecule has 1 unspecified atom stereocenters. The quantitative estimate of drug-likeness (QED) is 0.274. The minimum absolute atomic E-state index is 0. The van der Waals surface area contributed by atoms with Crippen LogP contribution in [0.25, 0.3) is 5.32 Å². The number of methoxy groups -OCH3 is 1. The van der Waals surface area contributed by atoms with Gasteiger partial charge < -0.3 is 19.8 Å². The predicted octanol–water partition coefficient (Wildman–Crippen LogP) is 1.93. The van der Waals surface area contributed by atoms with Gasteiger partial charge in [-0.05, 0) is 42.6 Å². The molecule has 1 aliphatic heterocycles. The Kier molecular flexibility index (Phi) is 11.1. The minimum atomic E-state index is -4.00. The summed E-state index contributed by atoms with van der Waals surface area (Å²) in [5, 5.41) is 4.58. The third-order valence-corrected chi connectivity index (χ3v) is 7.43. The van der Waals surface area contributed by atoms with E-state index < -0.39 is 16.2 Å². The van der Waals surface area contributed by atoms with Crippen LogP contribution in [0.4, 0.5) is 0 Å². The molecule has 2 aromatic carbocycles. The van der Waals surface area contributed by atoms with Crippen molar-refractivity contribution in [3.05, 3.63) is 95.1 Å². The van der Waals surface area contributed by atoms with Crippen molar-refractivity contribution in [3.63, 3.8) is 0 Å². The van der Waals surface area contributed by atoms with Gasteiger partial charge in [-0.2, -0.15) is 4.31 Å². The molecule has 0 bridgehead atoms. The average Bonchev–Trinajstić information content (AvgIpc) is 2.91. The predicted molar refractivity (Wildman–Crippen MR) is 137 cm³/mol. The molecular weight excluding hydrogens is 541 g/mol. The zero-order valence-corrected chi connectivity index (χ0v) is 25.5. The Hall–Kier alpha value is -1.83. The second-order valence-electron chi connectivity index (χ2n) is 7.70. The van der Waals surface area contributed by atoms with Gasteiger partial charge in [0, 0.05) is 18.9 Å². The summed E-state index contributed by atoms with van der Waals surface area (Å²) in [4.78, 5) is 12.9. The van der Waals surface area contributed by atoms with Crippen molar-refractivity contribution in [2.45, 2.75) is 30.8 Å². The summed E-state index contributed by atoms with van der Waals surface area (Å²) in [6, 6.07) is 16.8. The van der Waals surface area contributed by atoms with Crippen molar-refractivity contribution in [1.29, 1.82) is 0 Å². The van der Waals surface area contributed by atoms with E-state index in [1.807, 2.05) is 6.92 Å². The SMILES string of the molecule is CCCCN(C1[N-]C(c2ncccn2)=NC(Cl)=C1Oc1ccccc1OC)S(=O)(=O)c1ccccc1.[K+]. The van der Waals surface area contributed by atoms with Crippen molar-refractivity contribution >= 4 is 27.5 Å². The fraction of sp³-hybridized carbons (Fsp3) is 0.240. The molecule has 1 aromatic heterocycles. The van der Waals surface area contributed by atoms with E-state index in [0.29, 0.717) is 17.9 Å². The summed E-state index contributed by atoms with van der Waals surface area (Å²) in [6.45, 7) is 2.15. The molecule has 0 spiro atoms. The summed E-state index contributed by atoms with van der Waals surface area (Å²) in [5.41, 5.74) is 0. The molecule has 37 heavy (non-hydrogen) atoms. The van der Waals surface area contributed by atoms with Crippen molar-refractivity contribution in [2.24, 2.45) is 4.99 Å². The van der Waals surface area contributed by atoms with Gasteiger partial charge in [0.15, 0.2) is 17.3 Å². The Balaban J connectivity index is 0.00000380. The summed E-state index contributed by atoms with van der Waals surface area (Å²) >= 11 is 6.63. The van der Waals surface area contributed by atoms with Crippen molar-refractivity contribution in [1.82, 2.24) is 14.3 Å². The molecule has 0 radical (unpaired) electrons. The Morgan fingerprint density at radius 3 is 2.30 bits per heavy atom. The number of hydrogen-bond acceptors (Lipinski definition) is 7. The number of ether oxygens (including phenoxy) is 2. The summed E-state index contributed by atoms with van der Waals surface area (Å²) < 4.78 is 40.5. The van der Waals surface area contributed by atoms with Gasteiger partial charge in [-0.25, -0.2) is 18.4 Å². The minimum Gasteiger partial charge on any atom is -0.493 e. The average molecular weight is 566 g/mol. The van der Waals surface area contributed by atoms with E-state index in [4.69, 9.17) is 21.1 Å². The van der Waals surface area contributed by atoms with E-state index in [-0.39, 0.29) is 85.4 Å². The van der Waals surface area contributed by atoms with E-state index >= 15 is 0 Å². The number of rotatable bonds is 10. The third kappa shape index (κ3) is 6.98. The topological polar surface area (TPSA) is 108 Å². The molecule has 9 nitrogen and oxygen atoms in total. The normalized spacial score (nSPS) is 15.5. The number of benzene rings is 2. The molecule has 0 saturated carbocycles. The first kappa shape index (κ1) is 29.7. The van der Waals surface area contributed by atoms with Crippen LogP contribution in [0.15, 0.2) is 93.9 Å². The molecule has 2 heterocycles. The maximum Gasteiger partial charge on any atom is 1.00 e. The number of nitrogens with zero attached hydrogens (tertiary/aromatic N) is 5. The molecule has 0 saturated heterocycles. The Morgan fingerprint density at radius 1 is 1.00 bits per heavy atom. The Morgan fingerprint density at radius 2 is 1.65 bits per heavy atom. The van der Waals surface area contributed by atoms with Crippen molar-refractivity contribution in [2.75, 3.05) is 13.7 Å². The largest absolute Gasteiger partial charge is 1.00 e. The zero-order valence-electron chi connectivity index (χ0n) is 20.8. The number of sulfonamides is 1. The smallest absolute Gasteiger partial charge is 0.493 e. The second kappa shape index (κ2) is 13.8. The molecule has 4 rings (SSSR count). The van der Waals surface area contributed by atoms with Crippen LogP contribution in [-0.2, 0) is 10.0 Å². The van der Waals surface area contributed by atoms with Crippen LogP contribution in [0.1, 0.15) is 25.6 Å². The number of aliphatic imine (C=N–C) groups is 1. The van der Waals surface area contributed by atoms with Crippen LogP contribution in [0.2, 0.25) is 0 Å². The van der Waals surface area contributed by atoms with E-state index in [2.05, 4.69) is 20.3 Å². The Bertz CT molecular complexity index is 1360. The van der Waals surface area contributed by atoms with Gasteiger partial charge in [-0.15, -0.1) is 0 Å². The second-order valence-corrected chi connectivity index (χ2v) is 9.95. The van der Waals surface area contributed by atoms with Gasteiger partial charge in [0.2, 0.25) is 10.0 Å². The van der Waals surface area contributed by atoms with Crippen LogP contribution in [-0.4, -0.2) is 48.3 Å². The van der Waals surface area contributed by atoms with Crippen LogP contribution in [0.5, 0.6) is 11.5 Å². The number of halogens is 1. The maximum absolute atomic E-state index is 13.9. The molecule has 188 valence electrons. The van der Waals surface area contributed by atoms with Gasteiger partial charge >= 0.3 is 51.4 Å². The molecule has 0 N–H and O–H groups in total. The van der Waals surface area contributed by atoms with Crippen molar-refractivity contribution < 1.29 is 69.3 Å². The summed E-state index contributed by atoms with van der Waals surface area (Å²) in [5.74, 6) is 1.15. The zero-order chi connectivity index (χ0) is 25.5. The summed E-state index contributed by atoms with van der Waals surface area (Å²) in [7, 11) is -2.49. The van der Waals surface area contributed by atoms with E-state index in [0.717, 1.165) is 6.42 Å². The first-order valence-corrected chi connectivity index (χ1v) is 13.1. The van der Waals surface area contributed by atoms with Crippen LogP contribution in [0, 0.1) is 0 Å². The fourth-order valence-corrected chi connectivity index (χ4v) is 5.27. The van der Waals surface area contributed by atoms with Crippen LogP contribution >= 0.6 is 11.6 Å². The molecule has 12 heteroatoms. The first-order chi connectivity index (χ1) is 17.5. The first-order valence-electron chi connectivity index (χ1n) is 11.3. The molecule has 3 aromatic rings. The van der Waals surface area contributed by atoms with Gasteiger partial charge in [-0.3, -0.25) is 0 Å². The Labute approximate surface area is 264 Å². The van der Waals surface area contributed by atoms with Gasteiger partial charge in [-0.1, -0.05) is 55.3 Å². The number of unbranched alkanes of at least 4 members (excludes halogenated alkanes) is 1. The number of amidine groups is 1. The monoisotopic (exact) mass is 565 g/mol. The van der Waals surface area contributed by atoms with E-state index in [1.54, 1.807) is 73.1 Å². The van der Waals surface area contributed by atoms with Gasteiger partial charge in [0.05, 0.1) is 23.3 Å². The van der Waals surface area contributed by atoms with Crippen LogP contribution in [0.3, 0.4) is 0 Å². The number of aromatic nitrogens is 2. The summed E-state index contributed by atoms with van der Waals surface area (Å²) in [6.07, 6.45) is 3.28. The third-order valence-electron chi connectivity index (χ3n) is 5.30. The molecule has 1 aliphatic rings. The van der Waals surface area contributed by atoms with Gasteiger partial charge in [0.25, 0.3) is 0 Å². The standard InChI is InChI=1S/C25H25ClN5O4S.K/c1-3-4-17-31(36(32,33)18-11-6-5-7-12-18)25-21(35-20-14-9-8-13-19(20)34-2)22(26)29-24(30-25)23-27-15-10-16-28-23;/h5-16,25H,3-4,17H2,1-2H3;/q-1;+1. The molecule has 0 amide bonds. The molecule has 0 fully saturated rings. The fourth-order valence-electron chi connectivity index (χ4n) is 3.51.